The molecule has 0 bridgehead atoms. The van der Waals surface area contributed by atoms with E-state index in [0.717, 1.165) is 44.3 Å². The molecule has 0 unspecified atom stereocenters. The summed E-state index contributed by atoms with van der Waals surface area (Å²) in [6, 6.07) is 9.13. The Bertz CT molecular complexity index is 620. The van der Waals surface area contributed by atoms with Gasteiger partial charge in [-0.2, -0.15) is 0 Å². The minimum absolute atomic E-state index is 0.0153. The molecule has 5 heteroatoms. The molecule has 0 saturated heterocycles. The van der Waals surface area contributed by atoms with Crippen molar-refractivity contribution < 1.29 is 19.3 Å². The van der Waals surface area contributed by atoms with Crippen LogP contribution in [0.25, 0.3) is 10.9 Å². The first-order valence-electron chi connectivity index (χ1n) is 9.15. The predicted molar refractivity (Wildman–Crippen MR) is 99.3 cm³/mol. The van der Waals surface area contributed by atoms with Crippen molar-refractivity contribution in [2.45, 2.75) is 45.6 Å². The molecule has 0 radical (unpaired) electrons. The summed E-state index contributed by atoms with van der Waals surface area (Å²) >= 11 is 0. The van der Waals surface area contributed by atoms with E-state index < -0.39 is 0 Å². The molecule has 1 aromatic carbocycles. The Labute approximate surface area is 149 Å². The number of aromatic hydroxyl groups is 1. The number of unbranched alkanes of at least 4 members (excludes halogenated alkanes) is 2. The summed E-state index contributed by atoms with van der Waals surface area (Å²) in [4.78, 5) is 4.20. The molecule has 0 aliphatic rings. The first-order valence-corrected chi connectivity index (χ1v) is 9.15. The molecular formula is C20H29NO4. The van der Waals surface area contributed by atoms with Gasteiger partial charge >= 0.3 is 0 Å². The van der Waals surface area contributed by atoms with Crippen LogP contribution in [0, 0.1) is 0 Å². The zero-order chi connectivity index (χ0) is 17.9. The summed E-state index contributed by atoms with van der Waals surface area (Å²) in [6.45, 7) is 6.67. The average Bonchev–Trinajstić information content (AvgIpc) is 2.62. The summed E-state index contributed by atoms with van der Waals surface area (Å²) < 4.78 is 17.6. The van der Waals surface area contributed by atoms with Gasteiger partial charge in [0.1, 0.15) is 17.4 Å². The number of para-hydroxylation sites is 1. The molecule has 25 heavy (non-hydrogen) atoms. The largest absolute Gasteiger partial charge is 0.493 e. The number of fused-ring (bicyclic) bond motifs is 1. The highest BCUT2D eigenvalue weighted by Gasteiger charge is 2.14. The Morgan fingerprint density at radius 1 is 0.960 bits per heavy atom. The third kappa shape index (κ3) is 6.52. The SMILES string of the molecule is CCCCOCC(COCCCC)Oc1cccc2ccc(O)nc12. The first kappa shape index (κ1) is 19.5. The number of hydrogen-bond acceptors (Lipinski definition) is 5. The van der Waals surface area contributed by atoms with Crippen molar-refractivity contribution in [2.75, 3.05) is 26.4 Å². The summed E-state index contributed by atoms with van der Waals surface area (Å²) in [7, 11) is 0. The van der Waals surface area contributed by atoms with Crippen LogP contribution in [0.1, 0.15) is 39.5 Å². The number of aromatic nitrogens is 1. The number of ether oxygens (including phenoxy) is 3. The van der Waals surface area contributed by atoms with E-state index in [1.807, 2.05) is 24.3 Å². The molecule has 1 aromatic heterocycles. The minimum Gasteiger partial charge on any atom is -0.493 e. The Morgan fingerprint density at radius 2 is 1.64 bits per heavy atom. The van der Waals surface area contributed by atoms with Crippen LogP contribution in [0.4, 0.5) is 0 Å². The molecule has 0 spiro atoms. The first-order chi connectivity index (χ1) is 12.2. The third-order valence-corrected chi connectivity index (χ3v) is 3.85. The lowest BCUT2D eigenvalue weighted by molar-refractivity contribution is -0.00683. The Hall–Kier alpha value is -1.85. The van der Waals surface area contributed by atoms with Crippen LogP contribution in [0.5, 0.6) is 11.6 Å². The van der Waals surface area contributed by atoms with Crippen molar-refractivity contribution in [3.63, 3.8) is 0 Å². The Morgan fingerprint density at radius 3 is 2.28 bits per heavy atom. The van der Waals surface area contributed by atoms with Gasteiger partial charge in [-0.15, -0.1) is 0 Å². The molecule has 0 atom stereocenters. The quantitative estimate of drug-likeness (QED) is 0.579. The van der Waals surface area contributed by atoms with Gasteiger partial charge in [-0.25, -0.2) is 4.98 Å². The fraction of sp³-hybridized carbons (Fsp3) is 0.550. The second-order valence-corrected chi connectivity index (χ2v) is 6.09. The van der Waals surface area contributed by atoms with E-state index in [2.05, 4.69) is 18.8 Å². The number of pyridine rings is 1. The molecule has 2 rings (SSSR count). The van der Waals surface area contributed by atoms with Crippen molar-refractivity contribution in [2.24, 2.45) is 0 Å². The highest BCUT2D eigenvalue weighted by molar-refractivity contribution is 5.84. The lowest BCUT2D eigenvalue weighted by atomic mass is 10.2. The lowest BCUT2D eigenvalue weighted by Crippen LogP contribution is -2.29. The van der Waals surface area contributed by atoms with Crippen LogP contribution in [0.3, 0.4) is 0 Å². The smallest absolute Gasteiger partial charge is 0.211 e. The van der Waals surface area contributed by atoms with Gasteiger partial charge in [0.05, 0.1) is 13.2 Å². The van der Waals surface area contributed by atoms with E-state index in [-0.39, 0.29) is 12.0 Å². The van der Waals surface area contributed by atoms with E-state index in [1.54, 1.807) is 6.07 Å². The van der Waals surface area contributed by atoms with Crippen molar-refractivity contribution in [3.05, 3.63) is 30.3 Å². The van der Waals surface area contributed by atoms with Gasteiger partial charge in [-0.3, -0.25) is 0 Å². The maximum atomic E-state index is 9.67. The van der Waals surface area contributed by atoms with Crippen molar-refractivity contribution in [1.29, 1.82) is 0 Å². The Kier molecular flexibility index (Phi) is 8.49. The van der Waals surface area contributed by atoms with E-state index in [9.17, 15) is 5.11 Å². The lowest BCUT2D eigenvalue weighted by Gasteiger charge is -2.20. The topological polar surface area (TPSA) is 60.8 Å². The molecule has 1 heterocycles. The second kappa shape index (κ2) is 10.9. The van der Waals surface area contributed by atoms with Gasteiger partial charge < -0.3 is 19.3 Å². The highest BCUT2D eigenvalue weighted by atomic mass is 16.6. The fourth-order valence-electron chi connectivity index (χ4n) is 2.42. The predicted octanol–water partition coefficient (Wildman–Crippen LogP) is 4.32. The number of hydrogen-bond donors (Lipinski definition) is 1. The van der Waals surface area contributed by atoms with Crippen LogP contribution < -0.4 is 4.74 Å². The number of benzene rings is 1. The number of nitrogens with zero attached hydrogens (tertiary/aromatic N) is 1. The molecule has 1 N–H and O–H groups in total. The summed E-state index contributed by atoms with van der Waals surface area (Å²) in [5.41, 5.74) is 0.648. The number of rotatable bonds is 12. The summed E-state index contributed by atoms with van der Waals surface area (Å²) in [6.07, 6.45) is 4.07. The summed E-state index contributed by atoms with van der Waals surface area (Å²) in [5, 5.41) is 10.6. The normalized spacial score (nSPS) is 11.3. The molecular weight excluding hydrogens is 318 g/mol. The Balaban J connectivity index is 2.04. The van der Waals surface area contributed by atoms with E-state index in [0.29, 0.717) is 24.5 Å². The van der Waals surface area contributed by atoms with Crippen LogP contribution in [-0.4, -0.2) is 42.6 Å². The van der Waals surface area contributed by atoms with E-state index in [4.69, 9.17) is 14.2 Å². The van der Waals surface area contributed by atoms with Crippen LogP contribution in [0.15, 0.2) is 30.3 Å². The molecule has 2 aromatic rings. The van der Waals surface area contributed by atoms with Crippen molar-refractivity contribution in [3.8, 4) is 11.6 Å². The van der Waals surface area contributed by atoms with Crippen LogP contribution in [0.2, 0.25) is 0 Å². The third-order valence-electron chi connectivity index (χ3n) is 3.85. The molecule has 0 amide bonds. The molecule has 0 aliphatic carbocycles. The zero-order valence-corrected chi connectivity index (χ0v) is 15.2. The second-order valence-electron chi connectivity index (χ2n) is 6.09. The van der Waals surface area contributed by atoms with Gasteiger partial charge in [0.2, 0.25) is 5.88 Å². The monoisotopic (exact) mass is 347 g/mol. The standard InChI is InChI=1S/C20H29NO4/c1-3-5-12-23-14-17(15-24-13-6-4-2)25-18-9-7-8-16-10-11-19(22)21-20(16)18/h7-11,17H,3-6,12-15H2,1-2H3,(H,21,22). The average molecular weight is 347 g/mol. The molecule has 0 aliphatic heterocycles. The van der Waals surface area contributed by atoms with Gasteiger partial charge in [-0.1, -0.05) is 38.8 Å². The minimum atomic E-state index is -0.205. The van der Waals surface area contributed by atoms with Crippen LogP contribution >= 0.6 is 0 Å². The van der Waals surface area contributed by atoms with Gasteiger partial charge in [0.15, 0.2) is 0 Å². The van der Waals surface area contributed by atoms with E-state index >= 15 is 0 Å². The van der Waals surface area contributed by atoms with Crippen molar-refractivity contribution in [1.82, 2.24) is 4.98 Å². The van der Waals surface area contributed by atoms with Gasteiger partial charge in [0.25, 0.3) is 0 Å². The fourth-order valence-corrected chi connectivity index (χ4v) is 2.42. The zero-order valence-electron chi connectivity index (χ0n) is 15.2. The molecule has 0 fully saturated rings. The molecule has 0 saturated carbocycles. The van der Waals surface area contributed by atoms with Gasteiger partial charge in [0, 0.05) is 24.7 Å². The molecule has 138 valence electrons. The maximum absolute atomic E-state index is 9.67. The van der Waals surface area contributed by atoms with Crippen LogP contribution in [-0.2, 0) is 9.47 Å². The molecule has 5 nitrogen and oxygen atoms in total. The highest BCUT2D eigenvalue weighted by Crippen LogP contribution is 2.26. The summed E-state index contributed by atoms with van der Waals surface area (Å²) in [5.74, 6) is 0.620. The van der Waals surface area contributed by atoms with Gasteiger partial charge in [-0.05, 0) is 25.0 Å². The van der Waals surface area contributed by atoms with E-state index in [1.165, 1.54) is 0 Å². The maximum Gasteiger partial charge on any atom is 0.211 e. The van der Waals surface area contributed by atoms with Crippen molar-refractivity contribution >= 4 is 10.9 Å².